The Balaban J connectivity index is 2.16. The minimum Gasteiger partial charge on any atom is -0.291 e. The van der Waals surface area contributed by atoms with E-state index in [1.807, 2.05) is 13.0 Å². The van der Waals surface area contributed by atoms with Crippen LogP contribution >= 0.6 is 11.6 Å². The summed E-state index contributed by atoms with van der Waals surface area (Å²) in [5, 5.41) is 15.1. The van der Waals surface area contributed by atoms with Gasteiger partial charge in [0.2, 0.25) is 0 Å². The molecule has 0 unspecified atom stereocenters. The number of hydrogen-bond donors (Lipinski definition) is 1. The summed E-state index contributed by atoms with van der Waals surface area (Å²) < 4.78 is 1.34. The number of H-pyrrole nitrogens is 1. The fourth-order valence-corrected chi connectivity index (χ4v) is 2.62. The third kappa shape index (κ3) is 3.25. The topological polar surface area (TPSA) is 80.9 Å². The molecule has 3 rings (SSSR count). The summed E-state index contributed by atoms with van der Waals surface area (Å²) in [7, 11) is 0. The number of nitro groups is 1. The SMILES string of the molecule is C=c1[nH]n(-c2ccc(C)c(Cl)c2)c(=O)/c1=C/c1cccc([N+](=O)[O-])c1. The van der Waals surface area contributed by atoms with Crippen molar-refractivity contribution in [3.63, 3.8) is 0 Å². The Bertz CT molecular complexity index is 1150. The second-order valence-electron chi connectivity index (χ2n) is 5.57. The predicted octanol–water partition coefficient (Wildman–Crippen LogP) is 2.27. The van der Waals surface area contributed by atoms with Gasteiger partial charge in [-0.1, -0.05) is 36.4 Å². The van der Waals surface area contributed by atoms with Crippen molar-refractivity contribution in [2.24, 2.45) is 0 Å². The van der Waals surface area contributed by atoms with Gasteiger partial charge in [-0.25, -0.2) is 4.68 Å². The molecule has 0 bridgehead atoms. The van der Waals surface area contributed by atoms with Crippen molar-refractivity contribution in [2.45, 2.75) is 6.92 Å². The van der Waals surface area contributed by atoms with E-state index in [-0.39, 0.29) is 11.2 Å². The molecule has 2 aromatic carbocycles. The highest BCUT2D eigenvalue weighted by molar-refractivity contribution is 6.31. The lowest BCUT2D eigenvalue weighted by Gasteiger charge is -2.03. The van der Waals surface area contributed by atoms with Crippen molar-refractivity contribution in [1.29, 1.82) is 0 Å². The quantitative estimate of drug-likeness (QED) is 0.578. The highest BCUT2D eigenvalue weighted by atomic mass is 35.5. The number of nitrogens with one attached hydrogen (secondary N) is 1. The third-order valence-corrected chi connectivity index (χ3v) is 4.22. The van der Waals surface area contributed by atoms with Crippen LogP contribution in [0.3, 0.4) is 0 Å². The zero-order valence-corrected chi connectivity index (χ0v) is 14.1. The van der Waals surface area contributed by atoms with Crippen molar-refractivity contribution in [2.75, 3.05) is 0 Å². The Hall–Kier alpha value is -3.12. The van der Waals surface area contributed by atoms with Gasteiger partial charge in [0.15, 0.2) is 0 Å². The molecule has 6 nitrogen and oxygen atoms in total. The smallest absolute Gasteiger partial charge is 0.279 e. The van der Waals surface area contributed by atoms with Crippen molar-refractivity contribution >= 4 is 29.9 Å². The Kier molecular flexibility index (Phi) is 4.29. The van der Waals surface area contributed by atoms with Gasteiger partial charge in [-0.15, -0.1) is 0 Å². The molecule has 25 heavy (non-hydrogen) atoms. The summed E-state index contributed by atoms with van der Waals surface area (Å²) in [6.45, 7) is 5.72. The van der Waals surface area contributed by atoms with E-state index in [0.29, 0.717) is 26.8 Å². The van der Waals surface area contributed by atoms with Crippen LogP contribution in [0, 0.1) is 17.0 Å². The number of non-ortho nitro benzene ring substituents is 1. The van der Waals surface area contributed by atoms with E-state index in [1.54, 1.807) is 30.3 Å². The van der Waals surface area contributed by atoms with E-state index in [2.05, 4.69) is 11.7 Å². The molecule has 0 amide bonds. The van der Waals surface area contributed by atoms with Gasteiger partial charge in [-0.2, -0.15) is 0 Å². The van der Waals surface area contributed by atoms with E-state index in [0.717, 1.165) is 5.56 Å². The van der Waals surface area contributed by atoms with Gasteiger partial charge in [0, 0.05) is 17.2 Å². The molecule has 1 aromatic heterocycles. The van der Waals surface area contributed by atoms with E-state index < -0.39 is 4.92 Å². The van der Waals surface area contributed by atoms with E-state index in [1.165, 1.54) is 16.8 Å². The first-order valence-electron chi connectivity index (χ1n) is 7.39. The zero-order valence-electron chi connectivity index (χ0n) is 13.3. The lowest BCUT2D eigenvalue weighted by atomic mass is 10.2. The molecule has 0 atom stereocenters. The van der Waals surface area contributed by atoms with Crippen LogP contribution in [0.25, 0.3) is 18.3 Å². The monoisotopic (exact) mass is 355 g/mol. The van der Waals surface area contributed by atoms with Gasteiger partial charge < -0.3 is 0 Å². The molecular formula is C18H14ClN3O3. The van der Waals surface area contributed by atoms with Crippen LogP contribution in [0.15, 0.2) is 47.3 Å². The van der Waals surface area contributed by atoms with Crippen LogP contribution in [-0.2, 0) is 0 Å². The molecule has 0 saturated carbocycles. The number of aromatic amines is 1. The Labute approximate surface area is 147 Å². The maximum absolute atomic E-state index is 12.7. The van der Waals surface area contributed by atoms with Crippen molar-refractivity contribution in [3.05, 3.63) is 89.7 Å². The number of nitrogens with zero attached hydrogens (tertiary/aromatic N) is 2. The summed E-state index contributed by atoms with van der Waals surface area (Å²) in [6, 6.07) is 11.3. The minimum absolute atomic E-state index is 0.0412. The number of benzene rings is 2. The molecule has 7 heteroatoms. The average molecular weight is 356 g/mol. The van der Waals surface area contributed by atoms with E-state index in [9.17, 15) is 14.9 Å². The van der Waals surface area contributed by atoms with Gasteiger partial charge in [0.05, 0.1) is 21.2 Å². The fourth-order valence-electron chi connectivity index (χ4n) is 2.44. The summed E-state index contributed by atoms with van der Waals surface area (Å²) in [5.74, 6) is 0. The second kappa shape index (κ2) is 6.41. The molecule has 1 N–H and O–H groups in total. The summed E-state index contributed by atoms with van der Waals surface area (Å²) in [5.41, 5.74) is 1.69. The fraction of sp³-hybridized carbons (Fsp3) is 0.0556. The Morgan fingerprint density at radius 2 is 2.04 bits per heavy atom. The molecule has 0 aliphatic rings. The molecule has 0 saturated heterocycles. The molecule has 0 fully saturated rings. The predicted molar refractivity (Wildman–Crippen MR) is 97.6 cm³/mol. The standard InChI is InChI=1S/C18H14ClN3O3/c1-11-6-7-14(10-17(11)19)21-18(23)16(12(2)20-21)9-13-4-3-5-15(8-13)22(24)25/h3-10,20H,2H2,1H3/b16-9+. The van der Waals surface area contributed by atoms with Crippen molar-refractivity contribution in [3.8, 4) is 5.69 Å². The van der Waals surface area contributed by atoms with Crippen LogP contribution in [0.5, 0.6) is 0 Å². The largest absolute Gasteiger partial charge is 0.291 e. The summed E-state index contributed by atoms with van der Waals surface area (Å²) >= 11 is 6.12. The van der Waals surface area contributed by atoms with Crippen molar-refractivity contribution in [1.82, 2.24) is 9.78 Å². The zero-order chi connectivity index (χ0) is 18.1. The number of hydrogen-bond acceptors (Lipinski definition) is 3. The van der Waals surface area contributed by atoms with Gasteiger partial charge in [0.25, 0.3) is 11.2 Å². The van der Waals surface area contributed by atoms with Crippen LogP contribution in [-0.4, -0.2) is 14.7 Å². The third-order valence-electron chi connectivity index (χ3n) is 3.81. The van der Waals surface area contributed by atoms with E-state index >= 15 is 0 Å². The maximum atomic E-state index is 12.7. The molecule has 0 aliphatic heterocycles. The van der Waals surface area contributed by atoms with Crippen LogP contribution < -0.4 is 16.1 Å². The minimum atomic E-state index is -0.480. The van der Waals surface area contributed by atoms with Crippen LogP contribution in [0.2, 0.25) is 5.02 Å². The van der Waals surface area contributed by atoms with Crippen molar-refractivity contribution < 1.29 is 4.92 Å². The van der Waals surface area contributed by atoms with Gasteiger partial charge in [-0.3, -0.25) is 20.0 Å². The number of aryl methyl sites for hydroxylation is 1. The summed E-state index contributed by atoms with van der Waals surface area (Å²) in [4.78, 5) is 23.1. The van der Waals surface area contributed by atoms with Gasteiger partial charge >= 0.3 is 0 Å². The highest BCUT2D eigenvalue weighted by Gasteiger charge is 2.08. The van der Waals surface area contributed by atoms with Crippen LogP contribution in [0.1, 0.15) is 11.1 Å². The lowest BCUT2D eigenvalue weighted by molar-refractivity contribution is -0.384. The molecular weight excluding hydrogens is 342 g/mol. The molecule has 3 aromatic rings. The number of aromatic nitrogens is 2. The molecule has 1 heterocycles. The first-order chi connectivity index (χ1) is 11.9. The Morgan fingerprint density at radius 1 is 1.28 bits per heavy atom. The highest BCUT2D eigenvalue weighted by Crippen LogP contribution is 2.17. The van der Waals surface area contributed by atoms with Gasteiger partial charge in [-0.05, 0) is 36.3 Å². The van der Waals surface area contributed by atoms with Crippen LogP contribution in [0.4, 0.5) is 5.69 Å². The van der Waals surface area contributed by atoms with Gasteiger partial charge in [0.1, 0.15) is 0 Å². The Morgan fingerprint density at radius 3 is 2.72 bits per heavy atom. The maximum Gasteiger partial charge on any atom is 0.279 e. The average Bonchev–Trinajstić information content (AvgIpc) is 2.86. The molecule has 0 radical (unpaired) electrons. The van der Waals surface area contributed by atoms with E-state index in [4.69, 9.17) is 11.6 Å². The lowest BCUT2D eigenvalue weighted by Crippen LogP contribution is -2.33. The molecule has 0 spiro atoms. The summed E-state index contributed by atoms with van der Waals surface area (Å²) in [6.07, 6.45) is 1.57. The number of rotatable bonds is 3. The molecule has 0 aliphatic carbocycles. The second-order valence-corrected chi connectivity index (χ2v) is 5.98. The number of halogens is 1. The number of nitro benzene ring substituents is 1. The first-order valence-corrected chi connectivity index (χ1v) is 7.77. The normalized spacial score (nSPS) is 11.7. The molecule has 126 valence electrons. The first kappa shape index (κ1) is 16.7.